The van der Waals surface area contributed by atoms with E-state index in [9.17, 15) is 9.90 Å². The minimum atomic E-state index is -0.736. The van der Waals surface area contributed by atoms with Crippen molar-refractivity contribution in [3.05, 3.63) is 11.8 Å². The maximum atomic E-state index is 11.4. The molecular formula is C14H21N3O3. The number of hydrogen-bond donors (Lipinski definition) is 1. The highest BCUT2D eigenvalue weighted by Gasteiger charge is 2.34. The first-order chi connectivity index (χ1) is 9.66. The van der Waals surface area contributed by atoms with Crippen molar-refractivity contribution >= 4 is 11.8 Å². The lowest BCUT2D eigenvalue weighted by Crippen LogP contribution is -2.38. The molecule has 2 aliphatic heterocycles. The molecule has 1 N–H and O–H groups in total. The first kappa shape index (κ1) is 13.4. The molecule has 6 heteroatoms. The highest BCUT2D eigenvalue weighted by molar-refractivity contribution is 5.78. The van der Waals surface area contributed by atoms with Crippen LogP contribution in [0.1, 0.15) is 37.4 Å². The molecule has 0 bridgehead atoms. The van der Waals surface area contributed by atoms with E-state index in [4.69, 9.17) is 4.74 Å². The zero-order chi connectivity index (χ0) is 14.1. The van der Waals surface area contributed by atoms with Gasteiger partial charge in [0, 0.05) is 25.8 Å². The van der Waals surface area contributed by atoms with E-state index < -0.39 is 12.0 Å². The summed E-state index contributed by atoms with van der Waals surface area (Å²) in [6.07, 6.45) is 3.53. The van der Waals surface area contributed by atoms with Gasteiger partial charge in [-0.05, 0) is 32.6 Å². The van der Waals surface area contributed by atoms with E-state index in [1.165, 1.54) is 0 Å². The number of rotatable bonds is 3. The molecule has 2 aliphatic rings. The minimum absolute atomic E-state index is 0.322. The van der Waals surface area contributed by atoms with E-state index in [2.05, 4.69) is 5.10 Å². The molecule has 3 rings (SSSR count). The summed E-state index contributed by atoms with van der Waals surface area (Å²) < 4.78 is 7.43. The normalized spacial score (nSPS) is 24.2. The quantitative estimate of drug-likeness (QED) is 0.910. The average Bonchev–Trinajstić information content (AvgIpc) is 3.05. The predicted octanol–water partition coefficient (Wildman–Crippen LogP) is 1.60. The molecule has 1 unspecified atom stereocenters. The van der Waals surface area contributed by atoms with Crippen LogP contribution < -0.4 is 4.90 Å². The van der Waals surface area contributed by atoms with Gasteiger partial charge in [0.05, 0.1) is 11.7 Å². The van der Waals surface area contributed by atoms with Gasteiger partial charge in [-0.3, -0.25) is 0 Å². The van der Waals surface area contributed by atoms with Crippen LogP contribution in [0.2, 0.25) is 0 Å². The number of carboxylic acids is 1. The van der Waals surface area contributed by atoms with Crippen molar-refractivity contribution in [2.45, 2.75) is 44.7 Å². The number of nitrogens with zero attached hydrogens (tertiary/aromatic N) is 3. The van der Waals surface area contributed by atoms with Gasteiger partial charge in [-0.25, -0.2) is 9.48 Å². The molecule has 20 heavy (non-hydrogen) atoms. The van der Waals surface area contributed by atoms with Gasteiger partial charge in [0.25, 0.3) is 0 Å². The van der Waals surface area contributed by atoms with Crippen LogP contribution in [0.5, 0.6) is 0 Å². The van der Waals surface area contributed by atoms with Crippen LogP contribution in [0.4, 0.5) is 5.82 Å². The fourth-order valence-corrected chi connectivity index (χ4v) is 3.21. The zero-order valence-electron chi connectivity index (χ0n) is 11.8. The molecule has 6 nitrogen and oxygen atoms in total. The van der Waals surface area contributed by atoms with Crippen molar-refractivity contribution in [2.24, 2.45) is 0 Å². The molecule has 1 atom stereocenters. The Labute approximate surface area is 118 Å². The second-order valence-electron chi connectivity index (χ2n) is 5.62. The first-order valence-corrected chi connectivity index (χ1v) is 7.30. The molecule has 2 fully saturated rings. The standard InChI is InChI=1S/C14H21N3O3/c1-10-9-13(16-6-2-3-12(16)14(18)19)17(15-10)11-4-7-20-8-5-11/h9,11-12H,2-8H2,1H3,(H,18,19). The van der Waals surface area contributed by atoms with Crippen LogP contribution in [0.25, 0.3) is 0 Å². The highest BCUT2D eigenvalue weighted by atomic mass is 16.5. The molecule has 0 saturated carbocycles. The molecule has 2 saturated heterocycles. The van der Waals surface area contributed by atoms with Gasteiger partial charge < -0.3 is 14.7 Å². The molecule has 0 aromatic carbocycles. The van der Waals surface area contributed by atoms with Gasteiger partial charge in [-0.1, -0.05) is 0 Å². The second-order valence-corrected chi connectivity index (χ2v) is 5.62. The third-order valence-corrected chi connectivity index (χ3v) is 4.21. The molecule has 0 radical (unpaired) electrons. The van der Waals surface area contributed by atoms with Crippen molar-refractivity contribution in [1.82, 2.24) is 9.78 Å². The van der Waals surface area contributed by atoms with Gasteiger partial charge >= 0.3 is 5.97 Å². The summed E-state index contributed by atoms with van der Waals surface area (Å²) in [5.41, 5.74) is 0.947. The van der Waals surface area contributed by atoms with E-state index in [0.717, 1.165) is 50.5 Å². The summed E-state index contributed by atoms with van der Waals surface area (Å²) in [5, 5.41) is 14.0. The Morgan fingerprint density at radius 3 is 2.85 bits per heavy atom. The van der Waals surface area contributed by atoms with Crippen LogP contribution >= 0.6 is 0 Å². The van der Waals surface area contributed by atoms with Crippen LogP contribution in [0, 0.1) is 6.92 Å². The maximum absolute atomic E-state index is 11.4. The summed E-state index contributed by atoms with van der Waals surface area (Å²) in [6.45, 7) is 4.27. The summed E-state index contributed by atoms with van der Waals surface area (Å²) in [5.74, 6) is 0.221. The lowest BCUT2D eigenvalue weighted by molar-refractivity contribution is -0.138. The Morgan fingerprint density at radius 1 is 1.40 bits per heavy atom. The number of ether oxygens (including phenoxy) is 1. The number of aliphatic carboxylic acids is 1. The van der Waals surface area contributed by atoms with Gasteiger partial charge in [0.1, 0.15) is 11.9 Å². The van der Waals surface area contributed by atoms with Gasteiger partial charge in [-0.2, -0.15) is 5.10 Å². The fraction of sp³-hybridized carbons (Fsp3) is 0.714. The number of hydrogen-bond acceptors (Lipinski definition) is 4. The average molecular weight is 279 g/mol. The van der Waals surface area contributed by atoms with E-state index in [1.807, 2.05) is 22.6 Å². The predicted molar refractivity (Wildman–Crippen MR) is 74.1 cm³/mol. The Kier molecular flexibility index (Phi) is 3.65. The number of carboxylic acid groups (broad SMARTS) is 1. The fourth-order valence-electron chi connectivity index (χ4n) is 3.21. The monoisotopic (exact) mass is 279 g/mol. The Hall–Kier alpha value is -1.56. The smallest absolute Gasteiger partial charge is 0.326 e. The Bertz CT molecular complexity index is 494. The lowest BCUT2D eigenvalue weighted by Gasteiger charge is -2.29. The Morgan fingerprint density at radius 2 is 2.15 bits per heavy atom. The van der Waals surface area contributed by atoms with Crippen LogP contribution in [0.3, 0.4) is 0 Å². The molecule has 110 valence electrons. The third-order valence-electron chi connectivity index (χ3n) is 4.21. The van der Waals surface area contributed by atoms with Crippen LogP contribution in [-0.4, -0.2) is 46.7 Å². The summed E-state index contributed by atoms with van der Waals surface area (Å²) in [7, 11) is 0. The van der Waals surface area contributed by atoms with Crippen LogP contribution in [0.15, 0.2) is 6.07 Å². The SMILES string of the molecule is Cc1cc(N2CCCC2C(=O)O)n(C2CCOCC2)n1. The summed E-state index contributed by atoms with van der Waals surface area (Å²) in [4.78, 5) is 13.4. The molecule has 0 aliphatic carbocycles. The van der Waals surface area contributed by atoms with Crippen molar-refractivity contribution in [2.75, 3.05) is 24.7 Å². The molecule has 1 aromatic heterocycles. The molecular weight excluding hydrogens is 258 g/mol. The van der Waals surface area contributed by atoms with E-state index >= 15 is 0 Å². The van der Waals surface area contributed by atoms with Crippen molar-refractivity contribution < 1.29 is 14.6 Å². The third kappa shape index (κ3) is 2.40. The molecule has 0 spiro atoms. The molecule has 3 heterocycles. The summed E-state index contributed by atoms with van der Waals surface area (Å²) in [6, 6.07) is 1.92. The van der Waals surface area contributed by atoms with Crippen molar-refractivity contribution in [1.29, 1.82) is 0 Å². The minimum Gasteiger partial charge on any atom is -0.480 e. The van der Waals surface area contributed by atoms with Gasteiger partial charge in [0.2, 0.25) is 0 Å². The van der Waals surface area contributed by atoms with E-state index in [0.29, 0.717) is 12.5 Å². The largest absolute Gasteiger partial charge is 0.480 e. The van der Waals surface area contributed by atoms with Gasteiger partial charge in [-0.15, -0.1) is 0 Å². The van der Waals surface area contributed by atoms with Crippen molar-refractivity contribution in [3.63, 3.8) is 0 Å². The maximum Gasteiger partial charge on any atom is 0.326 e. The molecule has 1 aromatic rings. The Balaban J connectivity index is 1.90. The van der Waals surface area contributed by atoms with E-state index in [1.54, 1.807) is 0 Å². The number of anilines is 1. The zero-order valence-corrected chi connectivity index (χ0v) is 11.8. The topological polar surface area (TPSA) is 67.6 Å². The first-order valence-electron chi connectivity index (χ1n) is 7.30. The number of aryl methyl sites for hydroxylation is 1. The highest BCUT2D eigenvalue weighted by Crippen LogP contribution is 2.31. The van der Waals surface area contributed by atoms with Gasteiger partial charge in [0.15, 0.2) is 0 Å². The second kappa shape index (κ2) is 5.44. The summed E-state index contributed by atoms with van der Waals surface area (Å²) >= 11 is 0. The molecule has 0 amide bonds. The number of carbonyl (C=O) groups is 1. The van der Waals surface area contributed by atoms with Crippen LogP contribution in [-0.2, 0) is 9.53 Å². The number of aromatic nitrogens is 2. The van der Waals surface area contributed by atoms with Crippen molar-refractivity contribution in [3.8, 4) is 0 Å². The lowest BCUT2D eigenvalue weighted by atomic mass is 10.1. The van der Waals surface area contributed by atoms with E-state index in [-0.39, 0.29) is 0 Å².